The van der Waals surface area contributed by atoms with Crippen molar-refractivity contribution in [2.75, 3.05) is 6.54 Å². The summed E-state index contributed by atoms with van der Waals surface area (Å²) < 4.78 is 0. The van der Waals surface area contributed by atoms with Crippen LogP contribution in [-0.4, -0.2) is 17.8 Å². The molecule has 1 atom stereocenters. The van der Waals surface area contributed by atoms with Gasteiger partial charge >= 0.3 is 0 Å². The van der Waals surface area contributed by atoms with Crippen molar-refractivity contribution in [1.29, 1.82) is 0 Å². The monoisotopic (exact) mass is 165 g/mol. The third kappa shape index (κ3) is 3.03. The fourth-order valence-electron chi connectivity index (χ4n) is 1.10. The second-order valence-corrected chi connectivity index (χ2v) is 2.91. The molecule has 0 fully saturated rings. The van der Waals surface area contributed by atoms with Crippen molar-refractivity contribution < 1.29 is 5.11 Å². The molecule has 12 heavy (non-hydrogen) atoms. The van der Waals surface area contributed by atoms with Crippen LogP contribution in [0.25, 0.3) is 0 Å². The number of hydrogen-bond acceptors (Lipinski definition) is 2. The van der Waals surface area contributed by atoms with E-state index in [1.165, 1.54) is 5.56 Å². The highest BCUT2D eigenvalue weighted by molar-refractivity contribution is 5.14. The van der Waals surface area contributed by atoms with Crippen LogP contribution in [0.3, 0.4) is 0 Å². The zero-order valence-electron chi connectivity index (χ0n) is 7.11. The second kappa shape index (κ2) is 4.91. The van der Waals surface area contributed by atoms with E-state index in [1.807, 2.05) is 18.2 Å². The van der Waals surface area contributed by atoms with Crippen molar-refractivity contribution in [3.8, 4) is 0 Å². The fourth-order valence-corrected chi connectivity index (χ4v) is 1.10. The number of aliphatic hydroxyl groups is 1. The van der Waals surface area contributed by atoms with Crippen LogP contribution in [0.1, 0.15) is 12.0 Å². The van der Waals surface area contributed by atoms with E-state index in [1.54, 1.807) is 0 Å². The minimum atomic E-state index is -0.356. The maximum Gasteiger partial charge on any atom is 0.0665 e. The molecule has 66 valence electrons. The summed E-state index contributed by atoms with van der Waals surface area (Å²) >= 11 is 0. The first-order valence-corrected chi connectivity index (χ1v) is 4.25. The Kier molecular flexibility index (Phi) is 3.77. The van der Waals surface area contributed by atoms with Crippen LogP contribution in [0.2, 0.25) is 0 Å². The molecule has 1 aromatic rings. The maximum absolute atomic E-state index is 9.19. The van der Waals surface area contributed by atoms with Gasteiger partial charge in [0.05, 0.1) is 6.10 Å². The lowest BCUT2D eigenvalue weighted by atomic mass is 10.1. The van der Waals surface area contributed by atoms with E-state index >= 15 is 0 Å². The number of rotatable bonds is 4. The Balaban J connectivity index is 2.33. The molecular weight excluding hydrogens is 150 g/mol. The summed E-state index contributed by atoms with van der Waals surface area (Å²) in [4.78, 5) is 0. The lowest BCUT2D eigenvalue weighted by molar-refractivity contribution is 0.173. The molecule has 0 aliphatic heterocycles. The summed E-state index contributed by atoms with van der Waals surface area (Å²) in [6.07, 6.45) is 1.30. The van der Waals surface area contributed by atoms with Crippen molar-refractivity contribution in [2.45, 2.75) is 18.9 Å². The zero-order valence-corrected chi connectivity index (χ0v) is 7.11. The third-order valence-electron chi connectivity index (χ3n) is 1.88. The van der Waals surface area contributed by atoms with Crippen LogP contribution in [0.15, 0.2) is 30.3 Å². The summed E-state index contributed by atoms with van der Waals surface area (Å²) in [6.45, 7) is 0.354. The minimum absolute atomic E-state index is 0.354. The van der Waals surface area contributed by atoms with Gasteiger partial charge in [0.2, 0.25) is 0 Å². The first kappa shape index (κ1) is 9.23. The predicted octanol–water partition coefficient (Wildman–Crippen LogP) is 0.939. The summed E-state index contributed by atoms with van der Waals surface area (Å²) in [6, 6.07) is 10.1. The molecule has 0 amide bonds. The molecule has 3 N–H and O–H groups in total. The molecule has 0 saturated carbocycles. The van der Waals surface area contributed by atoms with Gasteiger partial charge in [0.1, 0.15) is 0 Å². The lowest BCUT2D eigenvalue weighted by Gasteiger charge is -2.06. The quantitative estimate of drug-likeness (QED) is 0.697. The molecule has 0 heterocycles. The van der Waals surface area contributed by atoms with Gasteiger partial charge in [-0.25, -0.2) is 0 Å². The highest BCUT2D eigenvalue weighted by atomic mass is 16.3. The second-order valence-electron chi connectivity index (χ2n) is 2.91. The molecule has 1 rings (SSSR count). The Labute approximate surface area is 73.0 Å². The Morgan fingerprint density at radius 1 is 1.25 bits per heavy atom. The summed E-state index contributed by atoms with van der Waals surface area (Å²) in [5.41, 5.74) is 6.54. The Morgan fingerprint density at radius 3 is 2.50 bits per heavy atom. The largest absolute Gasteiger partial charge is 0.392 e. The summed E-state index contributed by atoms with van der Waals surface area (Å²) in [5, 5.41) is 9.19. The predicted molar refractivity (Wildman–Crippen MR) is 49.8 cm³/mol. The van der Waals surface area contributed by atoms with Gasteiger partial charge in [-0.3, -0.25) is 0 Å². The van der Waals surface area contributed by atoms with E-state index in [9.17, 15) is 5.11 Å². The number of aliphatic hydroxyl groups excluding tert-OH is 1. The van der Waals surface area contributed by atoms with Crippen LogP contribution >= 0.6 is 0 Å². The van der Waals surface area contributed by atoms with E-state index in [0.717, 1.165) is 12.8 Å². The molecule has 2 heteroatoms. The van der Waals surface area contributed by atoms with Crippen molar-refractivity contribution in [1.82, 2.24) is 0 Å². The normalized spacial score (nSPS) is 12.8. The molecule has 1 unspecified atom stereocenters. The van der Waals surface area contributed by atoms with Gasteiger partial charge in [-0.15, -0.1) is 0 Å². The molecule has 0 aliphatic carbocycles. The highest BCUT2D eigenvalue weighted by Crippen LogP contribution is 2.03. The first-order chi connectivity index (χ1) is 5.83. The molecule has 0 bridgehead atoms. The van der Waals surface area contributed by atoms with Crippen LogP contribution in [0.5, 0.6) is 0 Å². The lowest BCUT2D eigenvalue weighted by Crippen LogP contribution is -2.20. The molecule has 1 aromatic carbocycles. The van der Waals surface area contributed by atoms with Crippen LogP contribution in [-0.2, 0) is 6.42 Å². The number of benzene rings is 1. The maximum atomic E-state index is 9.19. The smallest absolute Gasteiger partial charge is 0.0665 e. The van der Waals surface area contributed by atoms with Gasteiger partial charge < -0.3 is 10.8 Å². The first-order valence-electron chi connectivity index (χ1n) is 4.25. The highest BCUT2D eigenvalue weighted by Gasteiger charge is 2.00. The van der Waals surface area contributed by atoms with Crippen LogP contribution in [0, 0.1) is 0 Å². The Morgan fingerprint density at radius 2 is 1.92 bits per heavy atom. The van der Waals surface area contributed by atoms with Gasteiger partial charge in [-0.1, -0.05) is 30.3 Å². The van der Waals surface area contributed by atoms with Gasteiger partial charge in [-0.2, -0.15) is 0 Å². The van der Waals surface area contributed by atoms with Gasteiger partial charge in [0, 0.05) is 6.54 Å². The van der Waals surface area contributed by atoms with E-state index in [2.05, 4.69) is 12.1 Å². The summed E-state index contributed by atoms with van der Waals surface area (Å²) in [5.74, 6) is 0. The zero-order chi connectivity index (χ0) is 8.81. The van der Waals surface area contributed by atoms with Crippen molar-refractivity contribution in [3.05, 3.63) is 35.9 Å². The molecule has 0 aromatic heterocycles. The number of aryl methyl sites for hydroxylation is 1. The van der Waals surface area contributed by atoms with E-state index in [4.69, 9.17) is 5.73 Å². The Hall–Kier alpha value is -0.860. The van der Waals surface area contributed by atoms with Crippen molar-refractivity contribution in [2.24, 2.45) is 5.73 Å². The van der Waals surface area contributed by atoms with Crippen LogP contribution < -0.4 is 5.73 Å². The molecule has 0 spiro atoms. The van der Waals surface area contributed by atoms with Crippen molar-refractivity contribution >= 4 is 0 Å². The molecule has 0 saturated heterocycles. The minimum Gasteiger partial charge on any atom is -0.392 e. The molecular formula is C10H15NO. The van der Waals surface area contributed by atoms with Gasteiger partial charge in [0.25, 0.3) is 0 Å². The van der Waals surface area contributed by atoms with Gasteiger partial charge in [-0.05, 0) is 18.4 Å². The standard InChI is InChI=1S/C10H15NO/c11-8-10(12)7-6-9-4-2-1-3-5-9/h1-5,10,12H,6-8,11H2. The van der Waals surface area contributed by atoms with Crippen molar-refractivity contribution in [3.63, 3.8) is 0 Å². The third-order valence-corrected chi connectivity index (χ3v) is 1.88. The van der Waals surface area contributed by atoms with E-state index in [0.29, 0.717) is 6.54 Å². The van der Waals surface area contributed by atoms with E-state index < -0.39 is 0 Å². The number of hydrogen-bond donors (Lipinski definition) is 2. The van der Waals surface area contributed by atoms with Gasteiger partial charge in [0.15, 0.2) is 0 Å². The fraction of sp³-hybridized carbons (Fsp3) is 0.400. The average molecular weight is 165 g/mol. The van der Waals surface area contributed by atoms with E-state index in [-0.39, 0.29) is 6.10 Å². The summed E-state index contributed by atoms with van der Waals surface area (Å²) in [7, 11) is 0. The van der Waals surface area contributed by atoms with Crippen LogP contribution in [0.4, 0.5) is 0 Å². The SMILES string of the molecule is NCC(O)CCc1ccccc1. The molecule has 0 aliphatic rings. The molecule has 0 radical (unpaired) electrons. The topological polar surface area (TPSA) is 46.2 Å². The number of nitrogens with two attached hydrogens (primary N) is 1. The Bertz CT molecular complexity index is 210. The molecule has 2 nitrogen and oxygen atoms in total. The average Bonchev–Trinajstić information content (AvgIpc) is 2.16.